The zero-order valence-electron chi connectivity index (χ0n) is 13.2. The summed E-state index contributed by atoms with van der Waals surface area (Å²) < 4.78 is 0. The highest BCUT2D eigenvalue weighted by molar-refractivity contribution is 8.04. The zero-order valence-corrected chi connectivity index (χ0v) is 14.0. The summed E-state index contributed by atoms with van der Waals surface area (Å²) in [6.45, 7) is 0.819. The molecule has 6 nitrogen and oxygen atoms in total. The highest BCUT2D eigenvalue weighted by Crippen LogP contribution is 2.60. The first-order chi connectivity index (χ1) is 12.1. The predicted molar refractivity (Wildman–Crippen MR) is 92.1 cm³/mol. The molecule has 0 amide bonds. The van der Waals surface area contributed by atoms with Gasteiger partial charge in [0.05, 0.1) is 22.7 Å². The van der Waals surface area contributed by atoms with Crippen LogP contribution in [0.3, 0.4) is 0 Å². The van der Waals surface area contributed by atoms with Crippen molar-refractivity contribution in [2.45, 2.75) is 41.9 Å². The minimum absolute atomic E-state index is 0.0190. The lowest BCUT2D eigenvalue weighted by Crippen LogP contribution is -3.18. The molecule has 1 saturated heterocycles. The minimum atomic E-state index is -0.664. The van der Waals surface area contributed by atoms with Crippen LogP contribution in [0.5, 0.6) is 5.75 Å². The van der Waals surface area contributed by atoms with Crippen LogP contribution in [0, 0.1) is 0 Å². The third kappa shape index (κ3) is 1.21. The number of benzene rings is 1. The molecule has 4 N–H and O–H groups in total. The average Bonchev–Trinajstić information content (AvgIpc) is 3.13. The molecule has 7 rings (SSSR count). The first-order valence-corrected chi connectivity index (χ1v) is 9.65. The van der Waals surface area contributed by atoms with Gasteiger partial charge in [-0.3, -0.25) is 14.9 Å². The van der Waals surface area contributed by atoms with Gasteiger partial charge in [0, 0.05) is 12.6 Å². The highest BCUT2D eigenvalue weighted by Gasteiger charge is 2.66. The van der Waals surface area contributed by atoms with Crippen LogP contribution >= 0.6 is 11.8 Å². The SMILES string of the molecule is Oc1c2c3c4c5c1=N[C@@H]1C[C@]56C(=C[C@@H](O)C([C@@H]6O)[NH+]4CCC=3C=N2)S1. The van der Waals surface area contributed by atoms with Gasteiger partial charge in [-0.15, -0.1) is 11.8 Å². The van der Waals surface area contributed by atoms with Gasteiger partial charge in [-0.2, -0.15) is 0 Å². The lowest BCUT2D eigenvalue weighted by Gasteiger charge is -2.52. The van der Waals surface area contributed by atoms with Crippen molar-refractivity contribution in [2.24, 2.45) is 9.98 Å². The molecule has 6 atom stereocenters. The Morgan fingerprint density at radius 2 is 2.20 bits per heavy atom. The molecule has 1 aromatic carbocycles. The predicted octanol–water partition coefficient (Wildman–Crippen LogP) is -1.49. The largest absolute Gasteiger partial charge is 0.504 e. The van der Waals surface area contributed by atoms with Crippen molar-refractivity contribution in [2.75, 3.05) is 6.54 Å². The van der Waals surface area contributed by atoms with Crippen LogP contribution in [0.25, 0.3) is 5.57 Å². The summed E-state index contributed by atoms with van der Waals surface area (Å²) >= 11 is 1.62. The van der Waals surface area contributed by atoms with E-state index in [4.69, 9.17) is 4.99 Å². The Balaban J connectivity index is 1.78. The van der Waals surface area contributed by atoms with Crippen LogP contribution in [0.2, 0.25) is 0 Å². The summed E-state index contributed by atoms with van der Waals surface area (Å²) in [6, 6.07) is -0.266. The fourth-order valence-corrected chi connectivity index (χ4v) is 7.55. The van der Waals surface area contributed by atoms with E-state index in [-0.39, 0.29) is 17.2 Å². The van der Waals surface area contributed by atoms with E-state index in [0.29, 0.717) is 11.0 Å². The maximum Gasteiger partial charge on any atom is 0.168 e. The normalized spacial score (nSPS) is 43.2. The number of rotatable bonds is 0. The fraction of sp³-hybridized carbons (Fsp3) is 0.444. The number of phenolic OH excluding ortho intramolecular Hbond substituents is 1. The Hall–Kier alpha value is -1.67. The lowest BCUT2D eigenvalue weighted by atomic mass is 9.61. The number of hydrogen-bond donors (Lipinski definition) is 4. The monoisotopic (exact) mass is 354 g/mol. The van der Waals surface area contributed by atoms with Crippen molar-refractivity contribution < 1.29 is 20.2 Å². The molecule has 1 fully saturated rings. The Labute approximate surface area is 146 Å². The van der Waals surface area contributed by atoms with Gasteiger partial charge in [0.25, 0.3) is 0 Å². The smallest absolute Gasteiger partial charge is 0.168 e. The number of aliphatic imine (C=N–C) groups is 1. The molecule has 0 saturated carbocycles. The number of aliphatic hydroxyl groups is 2. The Morgan fingerprint density at radius 1 is 1.32 bits per heavy atom. The van der Waals surface area contributed by atoms with E-state index in [1.165, 1.54) is 0 Å². The molecule has 1 aromatic rings. The maximum absolute atomic E-state index is 11.4. The zero-order chi connectivity index (χ0) is 16.7. The second-order valence-electron chi connectivity index (χ2n) is 7.85. The van der Waals surface area contributed by atoms with Crippen molar-refractivity contribution in [1.82, 2.24) is 0 Å². The van der Waals surface area contributed by atoms with Crippen molar-refractivity contribution in [3.63, 3.8) is 0 Å². The van der Waals surface area contributed by atoms with E-state index in [0.717, 1.165) is 51.2 Å². The Morgan fingerprint density at radius 3 is 3.08 bits per heavy atom. The molecule has 5 heterocycles. The summed E-state index contributed by atoms with van der Waals surface area (Å²) in [6.07, 6.45) is 4.06. The standard InChI is InChI=1S/C18H15N3O3S/c22-7-3-8-18-4-9(25-8)20-13-11(18)15-10-6(5-19-12(10)16(13)23)1-2-21(15)14(7)17(18)24/h3,5,7,9,14,17,22-24H,1-2,4H2/p+1/t7-,9+,14?,17+,18+/m1/s1. The van der Waals surface area contributed by atoms with E-state index in [2.05, 4.69) is 4.99 Å². The van der Waals surface area contributed by atoms with E-state index >= 15 is 0 Å². The van der Waals surface area contributed by atoms with E-state index in [1.807, 2.05) is 12.3 Å². The second kappa shape index (κ2) is 3.86. The molecule has 3 bridgehead atoms. The topological polar surface area (TPSA) is 89.9 Å². The number of quaternary nitrogens is 1. The summed E-state index contributed by atoms with van der Waals surface area (Å²) in [4.78, 5) is 11.4. The minimum Gasteiger partial charge on any atom is -0.504 e. The molecule has 0 radical (unpaired) electrons. The number of hydrogen-bond acceptors (Lipinski definition) is 6. The summed E-state index contributed by atoms with van der Waals surface area (Å²) in [7, 11) is 0. The molecule has 25 heavy (non-hydrogen) atoms. The molecule has 1 spiro atoms. The van der Waals surface area contributed by atoms with Crippen LogP contribution in [-0.4, -0.2) is 51.7 Å². The third-order valence-electron chi connectivity index (χ3n) is 6.93. The number of fused-ring (bicyclic) bond motifs is 3. The highest BCUT2D eigenvalue weighted by atomic mass is 32.2. The number of nitrogens with one attached hydrogen (secondary N) is 1. The van der Waals surface area contributed by atoms with Gasteiger partial charge in [0.15, 0.2) is 5.75 Å². The molecular formula is C18H16N3O3S+. The number of aromatic hydroxyl groups is 1. The quantitative estimate of drug-likeness (QED) is 0.428. The van der Waals surface area contributed by atoms with Crippen LogP contribution in [0.1, 0.15) is 18.4 Å². The van der Waals surface area contributed by atoms with Gasteiger partial charge in [0.1, 0.15) is 40.4 Å². The first kappa shape index (κ1) is 13.5. The number of thioether (sulfide) groups is 1. The second-order valence-corrected chi connectivity index (χ2v) is 9.07. The number of aliphatic hydroxyl groups excluding tert-OH is 2. The molecule has 7 heteroatoms. The van der Waals surface area contributed by atoms with Crippen molar-refractivity contribution in [3.05, 3.63) is 27.1 Å². The molecule has 1 aliphatic carbocycles. The van der Waals surface area contributed by atoms with Gasteiger partial charge in [-0.25, -0.2) is 0 Å². The van der Waals surface area contributed by atoms with Crippen molar-refractivity contribution in [1.29, 1.82) is 0 Å². The van der Waals surface area contributed by atoms with Gasteiger partial charge >= 0.3 is 0 Å². The maximum atomic E-state index is 11.4. The summed E-state index contributed by atoms with van der Waals surface area (Å²) in [5.74, 6) is 0.156. The lowest BCUT2D eigenvalue weighted by molar-refractivity contribution is -0.874. The first-order valence-electron chi connectivity index (χ1n) is 8.77. The molecule has 5 aliphatic heterocycles. The number of phenols is 1. The van der Waals surface area contributed by atoms with Gasteiger partial charge in [0.2, 0.25) is 0 Å². The molecule has 0 aromatic heterocycles. The molecule has 6 aliphatic rings. The third-order valence-corrected chi connectivity index (χ3v) is 8.23. The van der Waals surface area contributed by atoms with Gasteiger partial charge in [-0.05, 0) is 23.0 Å². The van der Waals surface area contributed by atoms with Crippen LogP contribution in [-0.2, 0) is 5.41 Å². The Bertz CT molecular complexity index is 1090. The fourth-order valence-electron chi connectivity index (χ4n) is 6.02. The van der Waals surface area contributed by atoms with Gasteiger partial charge in [-0.1, -0.05) is 0 Å². The molecule has 126 valence electrons. The Kier molecular flexibility index (Phi) is 2.09. The van der Waals surface area contributed by atoms with Crippen LogP contribution in [0.4, 0.5) is 11.4 Å². The van der Waals surface area contributed by atoms with Crippen LogP contribution in [0.15, 0.2) is 21.0 Å². The summed E-state index contributed by atoms with van der Waals surface area (Å²) in [5.41, 5.74) is 3.37. The molecular weight excluding hydrogens is 338 g/mol. The summed E-state index contributed by atoms with van der Waals surface area (Å²) in [5, 5.41) is 34.7. The van der Waals surface area contributed by atoms with Crippen LogP contribution < -0.4 is 15.5 Å². The number of nitrogens with zero attached hydrogens (tertiary/aromatic N) is 2. The average molecular weight is 354 g/mol. The van der Waals surface area contributed by atoms with E-state index in [1.54, 1.807) is 11.8 Å². The van der Waals surface area contributed by atoms with Crippen molar-refractivity contribution in [3.8, 4) is 5.75 Å². The van der Waals surface area contributed by atoms with E-state index in [9.17, 15) is 15.3 Å². The van der Waals surface area contributed by atoms with E-state index < -0.39 is 17.6 Å². The molecule has 2 unspecified atom stereocenters. The van der Waals surface area contributed by atoms with Gasteiger partial charge < -0.3 is 15.3 Å². The van der Waals surface area contributed by atoms with Crippen molar-refractivity contribution >= 4 is 34.9 Å².